The minimum Gasteiger partial charge on any atom is -0.493 e. The average Bonchev–Trinajstić information content (AvgIpc) is 2.75. The van der Waals surface area contributed by atoms with Crippen LogP contribution < -0.4 is 4.74 Å². The van der Waals surface area contributed by atoms with Crippen LogP contribution in [0.2, 0.25) is 0 Å². The molecule has 3 aromatic rings. The predicted molar refractivity (Wildman–Crippen MR) is 108 cm³/mol. The maximum Gasteiger partial charge on any atom is 0.416 e. The van der Waals surface area contributed by atoms with Gasteiger partial charge < -0.3 is 14.9 Å². The third-order valence-corrected chi connectivity index (χ3v) is 5.46. The van der Waals surface area contributed by atoms with Crippen LogP contribution in [-0.4, -0.2) is 22.8 Å². The molecule has 0 unspecified atom stereocenters. The minimum absolute atomic E-state index is 0.0605. The number of fused-ring (bicyclic) bond motifs is 1. The smallest absolute Gasteiger partial charge is 0.416 e. The normalized spacial score (nSPS) is 18.2. The Morgan fingerprint density at radius 3 is 2.45 bits per heavy atom. The van der Waals surface area contributed by atoms with Gasteiger partial charge in [-0.3, -0.25) is 0 Å². The summed E-state index contributed by atoms with van der Waals surface area (Å²) in [6.45, 7) is 0.237. The summed E-state index contributed by atoms with van der Waals surface area (Å²) in [5, 5.41) is 20.2. The van der Waals surface area contributed by atoms with Crippen molar-refractivity contribution in [2.75, 3.05) is 6.61 Å². The first-order valence-electron chi connectivity index (χ1n) is 9.67. The van der Waals surface area contributed by atoms with Gasteiger partial charge in [0, 0.05) is 11.5 Å². The van der Waals surface area contributed by atoms with Crippen LogP contribution in [0.1, 0.15) is 33.2 Å². The molecule has 1 heterocycles. The number of rotatable bonds is 4. The molecule has 160 valence electrons. The first-order valence-corrected chi connectivity index (χ1v) is 9.67. The highest BCUT2D eigenvalue weighted by Gasteiger charge is 2.33. The molecular formula is C24H19F3O4. The summed E-state index contributed by atoms with van der Waals surface area (Å²) >= 11 is 0. The Kier molecular flexibility index (Phi) is 5.45. The Morgan fingerprint density at radius 1 is 1.03 bits per heavy atom. The van der Waals surface area contributed by atoms with E-state index in [4.69, 9.17) is 4.74 Å². The number of aliphatic hydroxyl groups excluding tert-OH is 1. The van der Waals surface area contributed by atoms with Gasteiger partial charge in [-0.25, -0.2) is 4.79 Å². The SMILES string of the molecule is O=C(O)c1ccc(C(F)(F)F)cc1-c1ccc2c(c1)OC[C@@H](Cc1ccccc1)[C@@H]2O. The second kappa shape index (κ2) is 8.07. The van der Waals surface area contributed by atoms with Crippen molar-refractivity contribution in [3.63, 3.8) is 0 Å². The zero-order valence-corrected chi connectivity index (χ0v) is 16.3. The zero-order valence-electron chi connectivity index (χ0n) is 16.3. The Balaban J connectivity index is 1.68. The molecule has 3 aromatic carbocycles. The summed E-state index contributed by atoms with van der Waals surface area (Å²) in [4.78, 5) is 11.6. The van der Waals surface area contributed by atoms with Crippen molar-refractivity contribution in [1.29, 1.82) is 0 Å². The van der Waals surface area contributed by atoms with E-state index >= 15 is 0 Å². The van der Waals surface area contributed by atoms with Crippen LogP contribution in [0.15, 0.2) is 66.7 Å². The minimum atomic E-state index is -4.60. The van der Waals surface area contributed by atoms with Gasteiger partial charge in [-0.05, 0) is 47.4 Å². The Hall–Kier alpha value is -3.32. The van der Waals surface area contributed by atoms with Gasteiger partial charge >= 0.3 is 12.1 Å². The van der Waals surface area contributed by atoms with Crippen molar-refractivity contribution in [3.05, 3.63) is 89.0 Å². The molecule has 31 heavy (non-hydrogen) atoms. The molecule has 0 amide bonds. The van der Waals surface area contributed by atoms with Crippen LogP contribution in [0.4, 0.5) is 13.2 Å². The van der Waals surface area contributed by atoms with E-state index in [1.54, 1.807) is 6.07 Å². The molecule has 2 atom stereocenters. The van der Waals surface area contributed by atoms with Gasteiger partial charge in [0.2, 0.25) is 0 Å². The van der Waals surface area contributed by atoms with E-state index in [0.717, 1.165) is 23.8 Å². The van der Waals surface area contributed by atoms with E-state index in [1.807, 2.05) is 30.3 Å². The maximum absolute atomic E-state index is 13.2. The van der Waals surface area contributed by atoms with Gasteiger partial charge in [0.1, 0.15) is 5.75 Å². The first kappa shape index (κ1) is 20.9. The molecular weight excluding hydrogens is 409 g/mol. The van der Waals surface area contributed by atoms with Crippen LogP contribution in [0, 0.1) is 5.92 Å². The topological polar surface area (TPSA) is 66.8 Å². The molecule has 0 saturated heterocycles. The number of carboxylic acids is 1. The van der Waals surface area contributed by atoms with Crippen LogP contribution >= 0.6 is 0 Å². The number of benzene rings is 3. The molecule has 0 aliphatic carbocycles. The van der Waals surface area contributed by atoms with E-state index in [1.165, 1.54) is 12.1 Å². The lowest BCUT2D eigenvalue weighted by Crippen LogP contribution is -2.27. The number of hydrogen-bond acceptors (Lipinski definition) is 3. The highest BCUT2D eigenvalue weighted by molar-refractivity contribution is 5.96. The highest BCUT2D eigenvalue weighted by atomic mass is 19.4. The summed E-state index contributed by atoms with van der Waals surface area (Å²) in [6.07, 6.45) is -4.80. The lowest BCUT2D eigenvalue weighted by molar-refractivity contribution is -0.137. The summed E-state index contributed by atoms with van der Waals surface area (Å²) in [6, 6.07) is 16.8. The average molecular weight is 428 g/mol. The summed E-state index contributed by atoms with van der Waals surface area (Å²) < 4.78 is 45.3. The monoisotopic (exact) mass is 428 g/mol. The van der Waals surface area contributed by atoms with E-state index < -0.39 is 23.8 Å². The van der Waals surface area contributed by atoms with Crippen LogP contribution in [0.3, 0.4) is 0 Å². The van der Waals surface area contributed by atoms with Crippen molar-refractivity contribution in [2.24, 2.45) is 5.92 Å². The summed E-state index contributed by atoms with van der Waals surface area (Å²) in [5.41, 5.74) is 0.621. The summed E-state index contributed by atoms with van der Waals surface area (Å²) in [5.74, 6) is -1.17. The van der Waals surface area contributed by atoms with E-state index in [2.05, 4.69) is 0 Å². The quantitative estimate of drug-likeness (QED) is 0.588. The van der Waals surface area contributed by atoms with Crippen molar-refractivity contribution < 1.29 is 32.9 Å². The number of aliphatic hydroxyl groups is 1. The molecule has 0 saturated carbocycles. The van der Waals surface area contributed by atoms with Crippen LogP contribution in [0.25, 0.3) is 11.1 Å². The van der Waals surface area contributed by atoms with Crippen molar-refractivity contribution in [2.45, 2.75) is 18.7 Å². The number of aromatic carboxylic acids is 1. The fraction of sp³-hybridized carbons (Fsp3) is 0.208. The number of halogens is 3. The largest absolute Gasteiger partial charge is 0.493 e. The Labute approximate surface area is 176 Å². The van der Waals surface area contributed by atoms with Crippen molar-refractivity contribution >= 4 is 5.97 Å². The van der Waals surface area contributed by atoms with E-state index in [9.17, 15) is 28.2 Å². The van der Waals surface area contributed by atoms with Gasteiger partial charge in [0.15, 0.2) is 0 Å². The number of hydrogen-bond donors (Lipinski definition) is 2. The predicted octanol–water partition coefficient (Wildman–Crippen LogP) is 5.36. The van der Waals surface area contributed by atoms with E-state index in [0.29, 0.717) is 17.7 Å². The maximum atomic E-state index is 13.2. The number of alkyl halides is 3. The molecule has 4 rings (SSSR count). The standard InChI is InChI=1S/C24H19F3O4/c25-24(26,27)17-7-9-18(23(29)30)20(12-17)15-6-8-19-21(11-15)31-13-16(22(19)28)10-14-4-2-1-3-5-14/h1-9,11-12,16,22,28H,10,13H2,(H,29,30)/t16-,22+/m1/s1. The third kappa shape index (κ3) is 4.27. The van der Waals surface area contributed by atoms with Crippen LogP contribution in [0.5, 0.6) is 5.75 Å². The van der Waals surface area contributed by atoms with Crippen LogP contribution in [-0.2, 0) is 12.6 Å². The van der Waals surface area contributed by atoms with Gasteiger partial charge in [-0.2, -0.15) is 13.2 Å². The second-order valence-electron chi connectivity index (χ2n) is 7.52. The molecule has 0 radical (unpaired) electrons. The molecule has 4 nitrogen and oxygen atoms in total. The zero-order chi connectivity index (χ0) is 22.2. The second-order valence-corrected chi connectivity index (χ2v) is 7.52. The van der Waals surface area contributed by atoms with Crippen molar-refractivity contribution in [3.8, 4) is 16.9 Å². The molecule has 0 aromatic heterocycles. The number of carbonyl (C=O) groups is 1. The first-order chi connectivity index (χ1) is 14.7. The van der Waals surface area contributed by atoms with E-state index in [-0.39, 0.29) is 29.2 Å². The fourth-order valence-electron chi connectivity index (χ4n) is 3.85. The molecule has 2 N–H and O–H groups in total. The van der Waals surface area contributed by atoms with Gasteiger partial charge in [0.25, 0.3) is 0 Å². The lowest BCUT2D eigenvalue weighted by Gasteiger charge is -2.31. The van der Waals surface area contributed by atoms with Gasteiger partial charge in [-0.15, -0.1) is 0 Å². The summed E-state index contributed by atoms with van der Waals surface area (Å²) in [7, 11) is 0. The van der Waals surface area contributed by atoms with Crippen molar-refractivity contribution in [1.82, 2.24) is 0 Å². The third-order valence-electron chi connectivity index (χ3n) is 5.46. The number of carboxylic acid groups (broad SMARTS) is 1. The van der Waals surface area contributed by atoms with Gasteiger partial charge in [-0.1, -0.05) is 42.5 Å². The molecule has 1 aliphatic rings. The molecule has 0 spiro atoms. The fourth-order valence-corrected chi connectivity index (χ4v) is 3.85. The molecule has 0 bridgehead atoms. The number of ether oxygens (including phenoxy) is 1. The molecule has 7 heteroatoms. The highest BCUT2D eigenvalue weighted by Crippen LogP contribution is 2.41. The molecule has 1 aliphatic heterocycles. The Bertz CT molecular complexity index is 1110. The van der Waals surface area contributed by atoms with Gasteiger partial charge in [0.05, 0.1) is 23.8 Å². The lowest BCUT2D eigenvalue weighted by atomic mass is 9.87. The Morgan fingerprint density at radius 2 is 1.77 bits per heavy atom. The molecule has 0 fully saturated rings.